The molecule has 0 bridgehead atoms. The molecule has 0 aliphatic rings. The van der Waals surface area contributed by atoms with E-state index in [0.29, 0.717) is 5.69 Å². The van der Waals surface area contributed by atoms with Crippen LogP contribution in [0.1, 0.15) is 16.7 Å². The third-order valence-electron chi connectivity index (χ3n) is 2.59. The van der Waals surface area contributed by atoms with Crippen LogP contribution in [0.15, 0.2) is 42.5 Å². The molecule has 2 rings (SSSR count). The molecule has 82 valence electrons. The molecule has 1 nitrogen and oxygen atoms in total. The zero-order valence-electron chi connectivity index (χ0n) is 9.20. The molecule has 0 aromatic heterocycles. The van der Waals surface area contributed by atoms with Crippen molar-refractivity contribution in [1.82, 2.24) is 0 Å². The molecule has 2 N–H and O–H groups in total. The van der Waals surface area contributed by atoms with Gasteiger partial charge < -0.3 is 5.73 Å². The Bertz CT molecular complexity index is 489. The lowest BCUT2D eigenvalue weighted by Gasteiger charge is -2.05. The zero-order chi connectivity index (χ0) is 11.5. The molecule has 0 aliphatic carbocycles. The molecule has 0 atom stereocenters. The summed E-state index contributed by atoms with van der Waals surface area (Å²) in [7, 11) is 0. The summed E-state index contributed by atoms with van der Waals surface area (Å²) in [4.78, 5) is 0. The standard InChI is InChI=1S/C14H14ClN/c1-10-2-4-11(5-3-10)8-12-6-7-13(16)9-14(12)15/h2-7,9H,8,16H2,1H3. The summed E-state index contributed by atoms with van der Waals surface area (Å²) in [5.74, 6) is 0. The molecule has 0 amide bonds. The number of hydrogen-bond acceptors (Lipinski definition) is 1. The van der Waals surface area contributed by atoms with Crippen molar-refractivity contribution in [2.45, 2.75) is 13.3 Å². The molecular formula is C14H14ClN. The highest BCUT2D eigenvalue weighted by Gasteiger charge is 2.02. The van der Waals surface area contributed by atoms with Crippen molar-refractivity contribution >= 4 is 17.3 Å². The first-order chi connectivity index (χ1) is 7.65. The highest BCUT2D eigenvalue weighted by atomic mass is 35.5. The summed E-state index contributed by atoms with van der Waals surface area (Å²) >= 11 is 6.13. The van der Waals surface area contributed by atoms with Gasteiger partial charge in [0.05, 0.1) is 0 Å². The van der Waals surface area contributed by atoms with Crippen molar-refractivity contribution in [3.63, 3.8) is 0 Å². The van der Waals surface area contributed by atoms with Crippen LogP contribution < -0.4 is 5.73 Å². The maximum absolute atomic E-state index is 6.13. The fraction of sp³-hybridized carbons (Fsp3) is 0.143. The van der Waals surface area contributed by atoms with Crippen LogP contribution in [0, 0.1) is 6.92 Å². The van der Waals surface area contributed by atoms with E-state index in [1.807, 2.05) is 12.1 Å². The number of halogens is 1. The second-order valence-corrected chi connectivity index (χ2v) is 4.42. The Balaban J connectivity index is 2.23. The van der Waals surface area contributed by atoms with E-state index in [2.05, 4.69) is 31.2 Å². The Morgan fingerprint density at radius 1 is 1.06 bits per heavy atom. The SMILES string of the molecule is Cc1ccc(Cc2ccc(N)cc2Cl)cc1. The normalized spacial score (nSPS) is 10.4. The van der Waals surface area contributed by atoms with Crippen LogP contribution in [0.25, 0.3) is 0 Å². The van der Waals surface area contributed by atoms with Crippen LogP contribution in [0.5, 0.6) is 0 Å². The van der Waals surface area contributed by atoms with E-state index in [9.17, 15) is 0 Å². The van der Waals surface area contributed by atoms with Gasteiger partial charge in [0, 0.05) is 10.7 Å². The van der Waals surface area contributed by atoms with E-state index in [1.54, 1.807) is 6.07 Å². The highest BCUT2D eigenvalue weighted by Crippen LogP contribution is 2.22. The first-order valence-corrected chi connectivity index (χ1v) is 5.62. The molecule has 2 aromatic carbocycles. The van der Waals surface area contributed by atoms with Crippen molar-refractivity contribution in [2.75, 3.05) is 5.73 Å². The van der Waals surface area contributed by atoms with Crippen LogP contribution in [-0.4, -0.2) is 0 Å². The molecule has 0 unspecified atom stereocenters. The van der Waals surface area contributed by atoms with Gasteiger partial charge in [-0.3, -0.25) is 0 Å². The van der Waals surface area contributed by atoms with E-state index in [1.165, 1.54) is 11.1 Å². The van der Waals surface area contributed by atoms with Gasteiger partial charge in [-0.05, 0) is 36.6 Å². The molecule has 0 spiro atoms. The maximum atomic E-state index is 6.13. The fourth-order valence-electron chi connectivity index (χ4n) is 1.63. The Morgan fingerprint density at radius 3 is 2.38 bits per heavy atom. The largest absolute Gasteiger partial charge is 0.399 e. The fourth-order valence-corrected chi connectivity index (χ4v) is 1.89. The van der Waals surface area contributed by atoms with Crippen molar-refractivity contribution in [3.8, 4) is 0 Å². The first-order valence-electron chi connectivity index (χ1n) is 5.24. The molecule has 0 radical (unpaired) electrons. The number of hydrogen-bond donors (Lipinski definition) is 1. The van der Waals surface area contributed by atoms with Gasteiger partial charge in [0.2, 0.25) is 0 Å². The van der Waals surface area contributed by atoms with Crippen LogP contribution >= 0.6 is 11.6 Å². The summed E-state index contributed by atoms with van der Waals surface area (Å²) in [5, 5.41) is 0.737. The minimum atomic E-state index is 0.706. The smallest absolute Gasteiger partial charge is 0.0461 e. The Morgan fingerprint density at radius 2 is 1.75 bits per heavy atom. The molecule has 0 aliphatic heterocycles. The third-order valence-corrected chi connectivity index (χ3v) is 2.94. The number of benzene rings is 2. The number of rotatable bonds is 2. The van der Waals surface area contributed by atoms with E-state index in [-0.39, 0.29) is 0 Å². The van der Waals surface area contributed by atoms with Crippen LogP contribution in [0.2, 0.25) is 5.02 Å². The lowest BCUT2D eigenvalue weighted by atomic mass is 10.0. The van der Waals surface area contributed by atoms with E-state index in [4.69, 9.17) is 17.3 Å². The number of nitrogen functional groups attached to an aromatic ring is 1. The van der Waals surface area contributed by atoms with Crippen LogP contribution in [-0.2, 0) is 6.42 Å². The lowest BCUT2D eigenvalue weighted by Crippen LogP contribution is -1.91. The Hall–Kier alpha value is -1.47. The number of nitrogens with two attached hydrogens (primary N) is 1. The van der Waals surface area contributed by atoms with Crippen molar-refractivity contribution < 1.29 is 0 Å². The van der Waals surface area contributed by atoms with Crippen molar-refractivity contribution in [3.05, 3.63) is 64.2 Å². The van der Waals surface area contributed by atoms with Gasteiger partial charge in [-0.1, -0.05) is 47.5 Å². The topological polar surface area (TPSA) is 26.0 Å². The van der Waals surface area contributed by atoms with Gasteiger partial charge in [-0.2, -0.15) is 0 Å². The molecule has 2 heteroatoms. The van der Waals surface area contributed by atoms with Gasteiger partial charge in [0.25, 0.3) is 0 Å². The average molecular weight is 232 g/mol. The Labute approximate surface area is 101 Å². The highest BCUT2D eigenvalue weighted by molar-refractivity contribution is 6.31. The monoisotopic (exact) mass is 231 g/mol. The molecular weight excluding hydrogens is 218 g/mol. The van der Waals surface area contributed by atoms with Gasteiger partial charge in [0.15, 0.2) is 0 Å². The lowest BCUT2D eigenvalue weighted by molar-refractivity contribution is 1.19. The molecule has 0 fully saturated rings. The van der Waals surface area contributed by atoms with Gasteiger partial charge in [0.1, 0.15) is 0 Å². The summed E-state index contributed by atoms with van der Waals surface area (Å²) in [6, 6.07) is 14.1. The van der Waals surface area contributed by atoms with E-state index < -0.39 is 0 Å². The van der Waals surface area contributed by atoms with E-state index in [0.717, 1.165) is 17.0 Å². The number of aryl methyl sites for hydroxylation is 1. The van der Waals surface area contributed by atoms with Gasteiger partial charge in [-0.25, -0.2) is 0 Å². The van der Waals surface area contributed by atoms with Crippen LogP contribution in [0.4, 0.5) is 5.69 Å². The minimum Gasteiger partial charge on any atom is -0.399 e. The molecule has 0 heterocycles. The molecule has 16 heavy (non-hydrogen) atoms. The molecule has 0 saturated heterocycles. The quantitative estimate of drug-likeness (QED) is 0.782. The zero-order valence-corrected chi connectivity index (χ0v) is 9.96. The molecule has 2 aromatic rings. The maximum Gasteiger partial charge on any atom is 0.0461 e. The predicted octanol–water partition coefficient (Wildman–Crippen LogP) is 3.82. The minimum absolute atomic E-state index is 0.706. The van der Waals surface area contributed by atoms with Gasteiger partial charge in [-0.15, -0.1) is 0 Å². The van der Waals surface area contributed by atoms with E-state index >= 15 is 0 Å². The predicted molar refractivity (Wildman–Crippen MR) is 69.8 cm³/mol. The van der Waals surface area contributed by atoms with Gasteiger partial charge >= 0.3 is 0 Å². The van der Waals surface area contributed by atoms with Crippen LogP contribution in [0.3, 0.4) is 0 Å². The second kappa shape index (κ2) is 4.58. The third kappa shape index (κ3) is 2.56. The summed E-state index contributed by atoms with van der Waals surface area (Å²) in [6.45, 7) is 2.08. The molecule has 0 saturated carbocycles. The number of anilines is 1. The van der Waals surface area contributed by atoms with Crippen molar-refractivity contribution in [1.29, 1.82) is 0 Å². The summed E-state index contributed by atoms with van der Waals surface area (Å²) in [6.07, 6.45) is 0.847. The Kier molecular flexibility index (Phi) is 3.16. The first kappa shape index (κ1) is 11.0. The van der Waals surface area contributed by atoms with Crippen molar-refractivity contribution in [2.24, 2.45) is 0 Å². The summed E-state index contributed by atoms with van der Waals surface area (Å²) < 4.78 is 0. The second-order valence-electron chi connectivity index (χ2n) is 4.01. The average Bonchev–Trinajstić information content (AvgIpc) is 2.25. The summed E-state index contributed by atoms with van der Waals surface area (Å²) in [5.41, 5.74) is 10.0.